The fraction of sp³-hybridized carbons (Fsp3) is 1.00. The molecule has 0 aliphatic carbocycles. The molecule has 0 saturated carbocycles. The second kappa shape index (κ2) is 33.4. The normalized spacial score (nSPS) is 11.5. The molecule has 220 valence electrons. The quantitative estimate of drug-likeness (QED) is 0.0789. The first kappa shape index (κ1) is 38.5. The van der Waals surface area contributed by atoms with Gasteiger partial charge in [-0.15, -0.1) is 0 Å². The number of aliphatic hydroxyl groups excluding tert-OH is 1. The summed E-state index contributed by atoms with van der Waals surface area (Å²) in [7, 11) is -0.626. The zero-order valence-corrected chi connectivity index (χ0v) is 27.3. The summed E-state index contributed by atoms with van der Waals surface area (Å²) in [6.07, 6.45) is 40.5. The lowest BCUT2D eigenvalue weighted by Gasteiger charge is -2.28. The molecule has 36 heavy (non-hydrogen) atoms. The van der Waals surface area contributed by atoms with Crippen molar-refractivity contribution < 1.29 is 5.11 Å². The van der Waals surface area contributed by atoms with E-state index in [4.69, 9.17) is 5.11 Å². The maximum Gasteiger partial charge on any atom is 0.0594 e. The van der Waals surface area contributed by atoms with Crippen LogP contribution in [-0.4, -0.2) is 36.4 Å². The van der Waals surface area contributed by atoms with Gasteiger partial charge in [-0.1, -0.05) is 150 Å². The molecule has 0 aliphatic heterocycles. The molecule has 0 unspecified atom stereocenters. The van der Waals surface area contributed by atoms with E-state index in [1.165, 1.54) is 141 Å². The van der Waals surface area contributed by atoms with Crippen LogP contribution in [0.3, 0.4) is 0 Å². The maximum absolute atomic E-state index is 8.42. The number of hydrogen-bond donors (Lipinski definition) is 1. The Balaban J connectivity index is 0. The zero-order valence-electron chi connectivity index (χ0n) is 26.4. The van der Waals surface area contributed by atoms with Crippen molar-refractivity contribution in [1.82, 2.24) is 0 Å². The van der Waals surface area contributed by atoms with Gasteiger partial charge in [-0.05, 0) is 38.5 Å². The van der Waals surface area contributed by atoms with Crippen LogP contribution in [-0.2, 0) is 0 Å². The fourth-order valence-corrected chi connectivity index (χ4v) is 10.5. The van der Waals surface area contributed by atoms with Crippen LogP contribution in [0, 0.1) is 0 Å². The Morgan fingerprint density at radius 1 is 0.306 bits per heavy atom. The monoisotopic (exact) mass is 530 g/mol. The topological polar surface area (TPSA) is 20.2 Å². The van der Waals surface area contributed by atoms with Crippen LogP contribution >= 0.6 is 7.26 Å². The number of hydrogen-bond acceptors (Lipinski definition) is 1. The molecular formula is C34H74OP+. The van der Waals surface area contributed by atoms with E-state index in [-0.39, 0.29) is 0 Å². The minimum Gasteiger partial charge on any atom is -0.396 e. The summed E-state index contributed by atoms with van der Waals surface area (Å²) in [5, 5.41) is 8.42. The van der Waals surface area contributed by atoms with Crippen molar-refractivity contribution >= 4 is 7.26 Å². The minimum absolute atomic E-state index is 0.367. The van der Waals surface area contributed by atoms with Gasteiger partial charge in [-0.3, -0.25) is 0 Å². The molecule has 0 aromatic rings. The average molecular weight is 530 g/mol. The number of aliphatic hydroxyl groups is 1. The Morgan fingerprint density at radius 3 is 0.861 bits per heavy atom. The second-order valence-corrected chi connectivity index (χ2v) is 16.1. The molecule has 0 spiro atoms. The van der Waals surface area contributed by atoms with Crippen molar-refractivity contribution in [3.05, 3.63) is 0 Å². The standard InChI is InChI=1S/C26H56P.C8H18O/c1-5-9-13-14-15-16-17-18-19-20-21-22-26-27(23-10-6-2,24-11-7-3)25-12-8-4;1-2-3-4-5-6-7-8-9/h5-26H2,1-4H3;9H,2-8H2,1H3/q+1;. The molecule has 0 radical (unpaired) electrons. The highest BCUT2D eigenvalue weighted by molar-refractivity contribution is 7.75. The van der Waals surface area contributed by atoms with Crippen LogP contribution in [0.15, 0.2) is 0 Å². The van der Waals surface area contributed by atoms with Gasteiger partial charge in [0.15, 0.2) is 0 Å². The predicted molar refractivity (Wildman–Crippen MR) is 173 cm³/mol. The van der Waals surface area contributed by atoms with Crippen molar-refractivity contribution in [2.24, 2.45) is 0 Å². The van der Waals surface area contributed by atoms with Gasteiger partial charge in [0.25, 0.3) is 0 Å². The summed E-state index contributed by atoms with van der Waals surface area (Å²) in [5.41, 5.74) is 0. The molecule has 1 nitrogen and oxygen atoms in total. The second-order valence-electron chi connectivity index (χ2n) is 11.7. The van der Waals surface area contributed by atoms with Crippen molar-refractivity contribution in [2.45, 2.75) is 189 Å². The highest BCUT2D eigenvalue weighted by atomic mass is 31.2. The lowest BCUT2D eigenvalue weighted by molar-refractivity contribution is 0.282. The van der Waals surface area contributed by atoms with E-state index in [2.05, 4.69) is 34.6 Å². The molecular weight excluding hydrogens is 455 g/mol. The molecule has 0 aromatic heterocycles. The lowest BCUT2D eigenvalue weighted by Crippen LogP contribution is -2.13. The summed E-state index contributed by atoms with van der Waals surface area (Å²) in [6.45, 7) is 12.1. The fourth-order valence-electron chi connectivity index (χ4n) is 5.33. The SMILES string of the molecule is CCCCCCCCCCCCCC[P+](CCCC)(CCCC)CCCC.CCCCCCCCO. The molecule has 0 rings (SSSR count). The smallest absolute Gasteiger partial charge is 0.0594 e. The van der Waals surface area contributed by atoms with E-state index in [9.17, 15) is 0 Å². The van der Waals surface area contributed by atoms with Gasteiger partial charge in [0, 0.05) is 13.9 Å². The highest BCUT2D eigenvalue weighted by Gasteiger charge is 2.34. The third-order valence-corrected chi connectivity index (χ3v) is 13.0. The van der Waals surface area contributed by atoms with Crippen LogP contribution in [0.25, 0.3) is 0 Å². The van der Waals surface area contributed by atoms with Crippen molar-refractivity contribution in [3.8, 4) is 0 Å². The third-order valence-electron chi connectivity index (χ3n) is 7.96. The molecule has 2 heteroatoms. The molecule has 0 aromatic carbocycles. The van der Waals surface area contributed by atoms with E-state index in [0.717, 1.165) is 6.42 Å². The zero-order chi connectivity index (χ0) is 27.0. The minimum atomic E-state index is -0.626. The largest absolute Gasteiger partial charge is 0.396 e. The van der Waals surface area contributed by atoms with Gasteiger partial charge in [0.1, 0.15) is 0 Å². The first-order valence-corrected chi connectivity index (χ1v) is 19.6. The Hall–Kier alpha value is 0.390. The summed E-state index contributed by atoms with van der Waals surface area (Å²) < 4.78 is 0. The van der Waals surface area contributed by atoms with Crippen molar-refractivity contribution in [3.63, 3.8) is 0 Å². The molecule has 0 heterocycles. The van der Waals surface area contributed by atoms with E-state index in [1.807, 2.05) is 0 Å². The summed E-state index contributed by atoms with van der Waals surface area (Å²) in [6, 6.07) is 0. The Bertz CT molecular complexity index is 342. The van der Waals surface area contributed by atoms with E-state index in [0.29, 0.717) is 6.61 Å². The van der Waals surface area contributed by atoms with Crippen LogP contribution in [0.1, 0.15) is 189 Å². The average Bonchev–Trinajstić information content (AvgIpc) is 2.90. The van der Waals surface area contributed by atoms with Crippen molar-refractivity contribution in [2.75, 3.05) is 31.3 Å². The highest BCUT2D eigenvalue weighted by Crippen LogP contribution is 2.61. The summed E-state index contributed by atoms with van der Waals surface area (Å²) in [5.74, 6) is 0. The van der Waals surface area contributed by atoms with E-state index in [1.54, 1.807) is 31.1 Å². The van der Waals surface area contributed by atoms with Crippen LogP contribution in [0.2, 0.25) is 0 Å². The third kappa shape index (κ3) is 29.0. The van der Waals surface area contributed by atoms with Gasteiger partial charge in [0.2, 0.25) is 0 Å². The molecule has 0 saturated heterocycles. The van der Waals surface area contributed by atoms with E-state index < -0.39 is 7.26 Å². The summed E-state index contributed by atoms with van der Waals surface area (Å²) in [4.78, 5) is 0. The van der Waals surface area contributed by atoms with Gasteiger partial charge in [0.05, 0.1) is 24.6 Å². The molecule has 0 aliphatic rings. The molecule has 1 N–H and O–H groups in total. The Labute approximate surface area is 232 Å². The van der Waals surface area contributed by atoms with Gasteiger partial charge in [-0.25, -0.2) is 0 Å². The Morgan fingerprint density at radius 2 is 0.556 bits per heavy atom. The predicted octanol–water partition coefficient (Wildman–Crippen LogP) is 12.4. The van der Waals surface area contributed by atoms with Crippen molar-refractivity contribution in [1.29, 1.82) is 0 Å². The molecule has 0 atom stereocenters. The molecule has 0 bridgehead atoms. The molecule has 0 amide bonds. The summed E-state index contributed by atoms with van der Waals surface area (Å²) >= 11 is 0. The number of unbranched alkanes of at least 4 members (excludes halogenated alkanes) is 19. The van der Waals surface area contributed by atoms with Gasteiger partial charge < -0.3 is 5.11 Å². The van der Waals surface area contributed by atoms with Crippen LogP contribution < -0.4 is 0 Å². The van der Waals surface area contributed by atoms with Crippen LogP contribution in [0.4, 0.5) is 0 Å². The van der Waals surface area contributed by atoms with Gasteiger partial charge >= 0.3 is 0 Å². The first-order valence-electron chi connectivity index (χ1n) is 17.1. The molecule has 0 fully saturated rings. The van der Waals surface area contributed by atoms with Crippen LogP contribution in [0.5, 0.6) is 0 Å². The number of rotatable bonds is 28. The first-order chi connectivity index (χ1) is 17.7. The lowest BCUT2D eigenvalue weighted by atomic mass is 10.1. The van der Waals surface area contributed by atoms with E-state index >= 15 is 0 Å². The Kier molecular flexibility index (Phi) is 35.8. The maximum atomic E-state index is 8.42. The van der Waals surface area contributed by atoms with Gasteiger partial charge in [-0.2, -0.15) is 0 Å².